The Hall–Kier alpha value is -1.41. The summed E-state index contributed by atoms with van der Waals surface area (Å²) >= 11 is 1.94. The van der Waals surface area contributed by atoms with E-state index in [9.17, 15) is 0 Å². The van der Waals surface area contributed by atoms with Gasteiger partial charge in [0.05, 0.1) is 6.61 Å². The van der Waals surface area contributed by atoms with Crippen molar-refractivity contribution in [2.75, 3.05) is 12.4 Å². The van der Waals surface area contributed by atoms with Gasteiger partial charge in [0.1, 0.15) is 5.75 Å². The van der Waals surface area contributed by atoms with Gasteiger partial charge in [-0.05, 0) is 48.7 Å². The Bertz CT molecular complexity index is 592. The number of thioether (sulfide) groups is 1. The smallest absolute Gasteiger partial charge is 0.119 e. The highest BCUT2D eigenvalue weighted by molar-refractivity contribution is 7.99. The third-order valence-corrected chi connectivity index (χ3v) is 4.98. The summed E-state index contributed by atoms with van der Waals surface area (Å²) in [7, 11) is 0. The predicted molar refractivity (Wildman–Crippen MR) is 81.3 cm³/mol. The van der Waals surface area contributed by atoms with E-state index in [0.717, 1.165) is 18.1 Å². The average Bonchev–Trinajstić information content (AvgIpc) is 2.83. The number of ether oxygens (including phenoxy) is 1. The Morgan fingerprint density at radius 1 is 1.11 bits per heavy atom. The van der Waals surface area contributed by atoms with Crippen LogP contribution in [0.5, 0.6) is 5.75 Å². The zero-order valence-corrected chi connectivity index (χ0v) is 12.2. The fourth-order valence-corrected chi connectivity index (χ4v) is 3.60. The van der Waals surface area contributed by atoms with Gasteiger partial charge < -0.3 is 4.74 Å². The number of aryl methyl sites for hydroxylation is 2. The molecule has 1 atom stereocenters. The summed E-state index contributed by atoms with van der Waals surface area (Å²) in [6, 6.07) is 15.0. The van der Waals surface area contributed by atoms with Gasteiger partial charge >= 0.3 is 0 Å². The maximum absolute atomic E-state index is 5.97. The van der Waals surface area contributed by atoms with Crippen LogP contribution in [-0.2, 0) is 0 Å². The fraction of sp³-hybridized carbons (Fsp3) is 0.294. The monoisotopic (exact) mass is 270 g/mol. The van der Waals surface area contributed by atoms with Crippen molar-refractivity contribution in [1.82, 2.24) is 0 Å². The van der Waals surface area contributed by atoms with E-state index in [1.807, 2.05) is 11.8 Å². The van der Waals surface area contributed by atoms with Crippen LogP contribution in [0.3, 0.4) is 0 Å². The maximum atomic E-state index is 5.97. The zero-order valence-electron chi connectivity index (χ0n) is 11.3. The maximum Gasteiger partial charge on any atom is 0.119 e. The molecule has 1 nitrogen and oxygen atoms in total. The van der Waals surface area contributed by atoms with Crippen LogP contribution in [0.2, 0.25) is 0 Å². The summed E-state index contributed by atoms with van der Waals surface area (Å²) < 4.78 is 5.97. The molecule has 0 fully saturated rings. The minimum Gasteiger partial charge on any atom is -0.493 e. The highest BCUT2D eigenvalue weighted by Crippen LogP contribution is 2.39. The molecule has 2 heteroatoms. The molecule has 0 saturated carbocycles. The Morgan fingerprint density at radius 3 is 2.79 bits per heavy atom. The van der Waals surface area contributed by atoms with Crippen molar-refractivity contribution in [1.29, 1.82) is 0 Å². The highest BCUT2D eigenvalue weighted by atomic mass is 32.2. The van der Waals surface area contributed by atoms with Gasteiger partial charge in [-0.15, -0.1) is 11.8 Å². The molecule has 2 aromatic rings. The molecule has 0 N–H and O–H groups in total. The van der Waals surface area contributed by atoms with Gasteiger partial charge in [0.2, 0.25) is 0 Å². The lowest BCUT2D eigenvalue weighted by atomic mass is 10.0. The van der Waals surface area contributed by atoms with Gasteiger partial charge in [-0.2, -0.15) is 0 Å². The molecule has 0 radical (unpaired) electrons. The lowest BCUT2D eigenvalue weighted by Gasteiger charge is -2.13. The molecule has 0 amide bonds. The van der Waals surface area contributed by atoms with Crippen LogP contribution in [0.4, 0.5) is 0 Å². The first-order chi connectivity index (χ1) is 9.24. The van der Waals surface area contributed by atoms with Crippen molar-refractivity contribution in [3.05, 3.63) is 59.2 Å². The van der Waals surface area contributed by atoms with Crippen molar-refractivity contribution in [2.45, 2.75) is 24.7 Å². The van der Waals surface area contributed by atoms with Crippen LogP contribution in [0.25, 0.3) is 0 Å². The topological polar surface area (TPSA) is 9.23 Å². The van der Waals surface area contributed by atoms with E-state index in [0.29, 0.717) is 5.92 Å². The van der Waals surface area contributed by atoms with E-state index in [-0.39, 0.29) is 0 Å². The lowest BCUT2D eigenvalue weighted by molar-refractivity contribution is 0.298. The van der Waals surface area contributed by atoms with E-state index in [4.69, 9.17) is 4.74 Å². The number of fused-ring (bicyclic) bond motifs is 1. The number of benzene rings is 2. The van der Waals surface area contributed by atoms with Crippen molar-refractivity contribution in [2.24, 2.45) is 0 Å². The van der Waals surface area contributed by atoms with Gasteiger partial charge in [0, 0.05) is 16.6 Å². The van der Waals surface area contributed by atoms with Crippen LogP contribution >= 0.6 is 11.8 Å². The second-order valence-corrected chi connectivity index (χ2v) is 6.16. The molecular formula is C17H18OS. The standard InChI is InChI=1S/C17H18OS/c1-12-7-8-15(9-13(12)2)18-10-14-11-19-17-6-4-3-5-16(14)17/h3-9,14H,10-11H2,1-2H3. The SMILES string of the molecule is Cc1ccc(OCC2CSc3ccccc32)cc1C. The fourth-order valence-electron chi connectivity index (χ4n) is 2.37. The predicted octanol–water partition coefficient (Wildman–Crippen LogP) is 4.57. The molecular weight excluding hydrogens is 252 g/mol. The molecule has 1 heterocycles. The molecule has 1 unspecified atom stereocenters. The number of hydrogen-bond acceptors (Lipinski definition) is 2. The van der Waals surface area contributed by atoms with E-state index in [2.05, 4.69) is 56.3 Å². The largest absolute Gasteiger partial charge is 0.493 e. The molecule has 2 aromatic carbocycles. The first-order valence-electron chi connectivity index (χ1n) is 6.66. The van der Waals surface area contributed by atoms with Gasteiger partial charge in [-0.25, -0.2) is 0 Å². The van der Waals surface area contributed by atoms with Crippen molar-refractivity contribution >= 4 is 11.8 Å². The third-order valence-electron chi connectivity index (χ3n) is 3.73. The third kappa shape index (κ3) is 2.64. The lowest BCUT2D eigenvalue weighted by Crippen LogP contribution is -2.09. The first-order valence-corrected chi connectivity index (χ1v) is 7.64. The zero-order chi connectivity index (χ0) is 13.2. The Kier molecular flexibility index (Phi) is 3.52. The van der Waals surface area contributed by atoms with Gasteiger partial charge in [-0.3, -0.25) is 0 Å². The van der Waals surface area contributed by atoms with Crippen LogP contribution in [0.1, 0.15) is 22.6 Å². The first kappa shape index (κ1) is 12.6. The Balaban J connectivity index is 1.69. The molecule has 0 bridgehead atoms. The van der Waals surface area contributed by atoms with Crippen molar-refractivity contribution in [3.63, 3.8) is 0 Å². The molecule has 0 aliphatic carbocycles. The Labute approximate surface area is 119 Å². The number of hydrogen-bond donors (Lipinski definition) is 0. The summed E-state index contributed by atoms with van der Waals surface area (Å²) in [5.74, 6) is 2.63. The van der Waals surface area contributed by atoms with E-state index >= 15 is 0 Å². The quantitative estimate of drug-likeness (QED) is 0.808. The van der Waals surface area contributed by atoms with Crippen LogP contribution in [0.15, 0.2) is 47.4 Å². The molecule has 3 rings (SSSR count). The summed E-state index contributed by atoms with van der Waals surface area (Å²) in [5, 5.41) is 0. The Morgan fingerprint density at radius 2 is 1.95 bits per heavy atom. The summed E-state index contributed by atoms with van der Waals surface area (Å²) in [6.07, 6.45) is 0. The molecule has 19 heavy (non-hydrogen) atoms. The average molecular weight is 270 g/mol. The minimum absolute atomic E-state index is 0.516. The summed E-state index contributed by atoms with van der Waals surface area (Å²) in [6.45, 7) is 5.03. The van der Waals surface area contributed by atoms with Crippen LogP contribution < -0.4 is 4.74 Å². The molecule has 0 spiro atoms. The number of rotatable bonds is 3. The van der Waals surface area contributed by atoms with Gasteiger partial charge in [0.15, 0.2) is 0 Å². The van der Waals surface area contributed by atoms with E-state index in [1.165, 1.54) is 21.6 Å². The second-order valence-electron chi connectivity index (χ2n) is 5.10. The van der Waals surface area contributed by atoms with E-state index < -0.39 is 0 Å². The van der Waals surface area contributed by atoms with E-state index in [1.54, 1.807) is 0 Å². The minimum atomic E-state index is 0.516. The molecule has 1 aliphatic rings. The van der Waals surface area contributed by atoms with Crippen LogP contribution in [0, 0.1) is 13.8 Å². The summed E-state index contributed by atoms with van der Waals surface area (Å²) in [5.41, 5.74) is 4.05. The molecule has 1 aliphatic heterocycles. The van der Waals surface area contributed by atoms with Crippen molar-refractivity contribution < 1.29 is 4.74 Å². The van der Waals surface area contributed by atoms with Crippen LogP contribution in [-0.4, -0.2) is 12.4 Å². The van der Waals surface area contributed by atoms with Gasteiger partial charge in [0.25, 0.3) is 0 Å². The molecule has 0 aromatic heterocycles. The highest BCUT2D eigenvalue weighted by Gasteiger charge is 2.23. The van der Waals surface area contributed by atoms with Gasteiger partial charge in [-0.1, -0.05) is 24.3 Å². The summed E-state index contributed by atoms with van der Waals surface area (Å²) in [4.78, 5) is 1.41. The molecule has 98 valence electrons. The molecule has 0 saturated heterocycles. The normalized spacial score (nSPS) is 17.3. The van der Waals surface area contributed by atoms with Crippen molar-refractivity contribution in [3.8, 4) is 5.75 Å². The second kappa shape index (κ2) is 5.30.